The normalized spacial score (nSPS) is 9.93. The number of aromatic nitrogens is 2. The molecule has 3 nitrogen and oxygen atoms in total. The van der Waals surface area contributed by atoms with E-state index in [1.54, 1.807) is 10.9 Å². The molecule has 2 rings (SSSR count). The van der Waals surface area contributed by atoms with Crippen LogP contribution in [-0.2, 0) is 0 Å². The number of hydrogen-bond acceptors (Lipinski definition) is 2. The highest BCUT2D eigenvalue weighted by Gasteiger charge is 2.05. The zero-order chi connectivity index (χ0) is 10.8. The van der Waals surface area contributed by atoms with Gasteiger partial charge in [0.2, 0.25) is 0 Å². The zero-order valence-corrected chi connectivity index (χ0v) is 10.3. The van der Waals surface area contributed by atoms with E-state index in [-0.39, 0.29) is 0 Å². The fourth-order valence-electron chi connectivity index (χ4n) is 1.36. The highest BCUT2D eigenvalue weighted by molar-refractivity contribution is 14.1. The Morgan fingerprint density at radius 1 is 1.47 bits per heavy atom. The number of benzene rings is 1. The van der Waals surface area contributed by atoms with Crippen LogP contribution in [0.15, 0.2) is 30.6 Å². The van der Waals surface area contributed by atoms with Gasteiger partial charge in [-0.2, -0.15) is 10.4 Å². The van der Waals surface area contributed by atoms with Crippen molar-refractivity contribution in [2.24, 2.45) is 0 Å². The van der Waals surface area contributed by atoms with Crippen LogP contribution in [0.25, 0.3) is 5.69 Å². The maximum atomic E-state index is 8.98. The Morgan fingerprint density at radius 2 is 2.27 bits per heavy atom. The minimum Gasteiger partial charge on any atom is -0.239 e. The summed E-state index contributed by atoms with van der Waals surface area (Å²) in [6.07, 6.45) is 3.67. The van der Waals surface area contributed by atoms with E-state index < -0.39 is 0 Å². The molecule has 0 unspecified atom stereocenters. The molecule has 0 fully saturated rings. The van der Waals surface area contributed by atoms with Crippen LogP contribution in [0.4, 0.5) is 0 Å². The lowest BCUT2D eigenvalue weighted by Gasteiger charge is -2.04. The fourth-order valence-corrected chi connectivity index (χ4v) is 1.75. The molecule has 0 aliphatic rings. The number of rotatable bonds is 1. The molecule has 0 bridgehead atoms. The van der Waals surface area contributed by atoms with Gasteiger partial charge in [-0.25, -0.2) is 4.68 Å². The first-order valence-corrected chi connectivity index (χ1v) is 5.50. The van der Waals surface area contributed by atoms with Gasteiger partial charge < -0.3 is 0 Å². The number of halogens is 1. The SMILES string of the molecule is Cc1ccc(C#N)c(-n2cc(I)cn2)c1. The number of hydrogen-bond donors (Lipinski definition) is 0. The molecular formula is C11H8IN3. The molecule has 0 spiro atoms. The second-order valence-electron chi connectivity index (χ2n) is 3.24. The first-order chi connectivity index (χ1) is 7.20. The van der Waals surface area contributed by atoms with Crippen molar-refractivity contribution in [1.82, 2.24) is 9.78 Å². The predicted octanol–water partition coefficient (Wildman–Crippen LogP) is 2.66. The van der Waals surface area contributed by atoms with Crippen LogP contribution in [0, 0.1) is 21.8 Å². The Bertz CT molecular complexity index is 537. The summed E-state index contributed by atoms with van der Waals surface area (Å²) in [6, 6.07) is 7.87. The Morgan fingerprint density at radius 3 is 2.87 bits per heavy atom. The monoisotopic (exact) mass is 309 g/mol. The van der Waals surface area contributed by atoms with E-state index in [1.807, 2.05) is 31.3 Å². The Labute approximate surface area is 101 Å². The fraction of sp³-hybridized carbons (Fsp3) is 0.0909. The van der Waals surface area contributed by atoms with E-state index >= 15 is 0 Å². The van der Waals surface area contributed by atoms with Gasteiger partial charge in [-0.3, -0.25) is 0 Å². The third-order valence-electron chi connectivity index (χ3n) is 2.07. The molecule has 0 aliphatic heterocycles. The minimum absolute atomic E-state index is 0.639. The van der Waals surface area contributed by atoms with Gasteiger partial charge >= 0.3 is 0 Å². The number of aryl methyl sites for hydroxylation is 1. The third kappa shape index (κ3) is 2.02. The van der Waals surface area contributed by atoms with E-state index in [0.717, 1.165) is 14.8 Å². The van der Waals surface area contributed by atoms with Crippen LogP contribution in [0.1, 0.15) is 11.1 Å². The average molecular weight is 309 g/mol. The van der Waals surface area contributed by atoms with Gasteiger partial charge in [0.15, 0.2) is 0 Å². The standard InChI is InChI=1S/C11H8IN3/c1-8-2-3-9(5-13)11(4-8)15-7-10(12)6-14-15/h2-4,6-7H,1H3. The molecule has 0 amide bonds. The summed E-state index contributed by atoms with van der Waals surface area (Å²) in [7, 11) is 0. The first kappa shape index (κ1) is 10.2. The molecule has 0 N–H and O–H groups in total. The Kier molecular flexibility index (Phi) is 2.73. The van der Waals surface area contributed by atoms with Crippen molar-refractivity contribution < 1.29 is 0 Å². The van der Waals surface area contributed by atoms with E-state index in [9.17, 15) is 0 Å². The minimum atomic E-state index is 0.639. The third-order valence-corrected chi connectivity index (χ3v) is 2.63. The maximum absolute atomic E-state index is 8.98. The number of nitriles is 1. The largest absolute Gasteiger partial charge is 0.239 e. The van der Waals surface area contributed by atoms with Crippen molar-refractivity contribution >= 4 is 22.6 Å². The second kappa shape index (κ2) is 4.03. The van der Waals surface area contributed by atoms with E-state index in [2.05, 4.69) is 33.8 Å². The van der Waals surface area contributed by atoms with Gasteiger partial charge in [0.05, 0.1) is 21.0 Å². The Balaban J connectivity index is 2.61. The molecule has 1 heterocycles. The second-order valence-corrected chi connectivity index (χ2v) is 4.48. The van der Waals surface area contributed by atoms with Crippen molar-refractivity contribution in [2.45, 2.75) is 6.92 Å². The van der Waals surface area contributed by atoms with Gasteiger partial charge in [-0.15, -0.1) is 0 Å². The van der Waals surface area contributed by atoms with Crippen molar-refractivity contribution in [3.8, 4) is 11.8 Å². The zero-order valence-electron chi connectivity index (χ0n) is 8.11. The molecule has 0 radical (unpaired) electrons. The van der Waals surface area contributed by atoms with E-state index in [1.165, 1.54) is 0 Å². The van der Waals surface area contributed by atoms with Crippen LogP contribution >= 0.6 is 22.6 Å². The summed E-state index contributed by atoms with van der Waals surface area (Å²) in [5, 5.41) is 13.2. The molecule has 2 aromatic rings. The molecule has 0 atom stereocenters. The molecule has 4 heteroatoms. The van der Waals surface area contributed by atoms with Gasteiger partial charge in [0.1, 0.15) is 6.07 Å². The summed E-state index contributed by atoms with van der Waals surface area (Å²) < 4.78 is 2.78. The van der Waals surface area contributed by atoms with E-state index in [4.69, 9.17) is 5.26 Å². The number of nitrogens with zero attached hydrogens (tertiary/aromatic N) is 3. The molecule has 0 saturated heterocycles. The summed E-state index contributed by atoms with van der Waals surface area (Å²) in [5.41, 5.74) is 2.59. The van der Waals surface area contributed by atoms with Crippen molar-refractivity contribution in [1.29, 1.82) is 5.26 Å². The van der Waals surface area contributed by atoms with Gasteiger partial charge in [0, 0.05) is 6.20 Å². The lowest BCUT2D eigenvalue weighted by molar-refractivity contribution is 0.876. The molecule has 74 valence electrons. The summed E-state index contributed by atoms with van der Waals surface area (Å²) in [6.45, 7) is 2.00. The van der Waals surface area contributed by atoms with Crippen molar-refractivity contribution in [2.75, 3.05) is 0 Å². The highest BCUT2D eigenvalue weighted by atomic mass is 127. The van der Waals surface area contributed by atoms with E-state index in [0.29, 0.717) is 5.56 Å². The molecule has 1 aromatic carbocycles. The van der Waals surface area contributed by atoms with Crippen molar-refractivity contribution in [3.63, 3.8) is 0 Å². The average Bonchev–Trinajstić information content (AvgIpc) is 2.65. The topological polar surface area (TPSA) is 41.6 Å². The summed E-state index contributed by atoms with van der Waals surface area (Å²) in [4.78, 5) is 0. The maximum Gasteiger partial charge on any atom is 0.101 e. The van der Waals surface area contributed by atoms with Gasteiger partial charge in [0.25, 0.3) is 0 Å². The van der Waals surface area contributed by atoms with Crippen molar-refractivity contribution in [3.05, 3.63) is 45.3 Å². The molecular weight excluding hydrogens is 301 g/mol. The lowest BCUT2D eigenvalue weighted by atomic mass is 10.1. The van der Waals surface area contributed by atoms with Crippen LogP contribution in [0.5, 0.6) is 0 Å². The van der Waals surface area contributed by atoms with Gasteiger partial charge in [-0.1, -0.05) is 6.07 Å². The van der Waals surface area contributed by atoms with Gasteiger partial charge in [-0.05, 0) is 47.2 Å². The smallest absolute Gasteiger partial charge is 0.101 e. The molecule has 0 saturated carbocycles. The first-order valence-electron chi connectivity index (χ1n) is 4.42. The summed E-state index contributed by atoms with van der Waals surface area (Å²) in [5.74, 6) is 0. The molecule has 0 aliphatic carbocycles. The van der Waals surface area contributed by atoms with Crippen LogP contribution < -0.4 is 0 Å². The lowest BCUT2D eigenvalue weighted by Crippen LogP contribution is -1.98. The Hall–Kier alpha value is -1.35. The highest BCUT2D eigenvalue weighted by Crippen LogP contribution is 2.16. The molecule has 15 heavy (non-hydrogen) atoms. The van der Waals surface area contributed by atoms with Crippen LogP contribution in [0.3, 0.4) is 0 Å². The summed E-state index contributed by atoms with van der Waals surface area (Å²) >= 11 is 2.19. The predicted molar refractivity (Wildman–Crippen MR) is 65.7 cm³/mol. The van der Waals surface area contributed by atoms with Crippen LogP contribution in [0.2, 0.25) is 0 Å². The van der Waals surface area contributed by atoms with Crippen LogP contribution in [-0.4, -0.2) is 9.78 Å². The quantitative estimate of drug-likeness (QED) is 0.760. The molecule has 1 aromatic heterocycles.